The van der Waals surface area contributed by atoms with Gasteiger partial charge < -0.3 is 15.2 Å². The van der Waals surface area contributed by atoms with E-state index in [1.807, 2.05) is 55.9 Å². The number of hydrogen-bond acceptors (Lipinski definition) is 6. The van der Waals surface area contributed by atoms with Crippen molar-refractivity contribution < 1.29 is 9.59 Å². The van der Waals surface area contributed by atoms with Crippen molar-refractivity contribution in [2.45, 2.75) is 13.8 Å². The van der Waals surface area contributed by atoms with E-state index >= 15 is 0 Å². The Kier molecular flexibility index (Phi) is 6.48. The minimum Gasteiger partial charge on any atom is -0.333 e. The van der Waals surface area contributed by atoms with Crippen LogP contribution < -0.4 is 10.6 Å². The van der Waals surface area contributed by atoms with E-state index in [1.165, 1.54) is 23.1 Å². The molecule has 28 heavy (non-hydrogen) atoms. The number of thioether (sulfide) groups is 1. The second-order valence-corrected chi connectivity index (χ2v) is 8.24. The molecule has 0 aliphatic carbocycles. The molecule has 0 saturated carbocycles. The first-order chi connectivity index (χ1) is 13.4. The largest absolute Gasteiger partial charge is 0.333 e. The van der Waals surface area contributed by atoms with Gasteiger partial charge in [-0.2, -0.15) is 0 Å². The molecule has 2 N–H and O–H groups in total. The maximum absolute atomic E-state index is 12.2. The molecule has 0 aliphatic rings. The molecule has 2 heterocycles. The summed E-state index contributed by atoms with van der Waals surface area (Å²) in [6.07, 6.45) is 3.59. The number of aromatic nitrogens is 3. The molecule has 2 aromatic heterocycles. The summed E-state index contributed by atoms with van der Waals surface area (Å²) in [6, 6.07) is 7.60. The average molecular weight is 416 g/mol. The van der Waals surface area contributed by atoms with Crippen LogP contribution in [0.15, 0.2) is 36.7 Å². The molecule has 0 spiro atoms. The van der Waals surface area contributed by atoms with E-state index < -0.39 is 0 Å². The highest BCUT2D eigenvalue weighted by Gasteiger charge is 2.15. The van der Waals surface area contributed by atoms with Crippen molar-refractivity contribution >= 4 is 45.7 Å². The highest BCUT2D eigenvalue weighted by atomic mass is 32.2. The molecule has 2 amide bonds. The van der Waals surface area contributed by atoms with Crippen molar-refractivity contribution in [3.8, 4) is 10.7 Å². The van der Waals surface area contributed by atoms with E-state index in [2.05, 4.69) is 20.6 Å². The summed E-state index contributed by atoms with van der Waals surface area (Å²) in [5.41, 5.74) is 2.66. The van der Waals surface area contributed by atoms with E-state index in [9.17, 15) is 9.59 Å². The Balaban J connectivity index is 1.47. The molecule has 0 saturated heterocycles. The number of carbonyl (C=O) groups is 2. The topological polar surface area (TPSA) is 88.9 Å². The van der Waals surface area contributed by atoms with Crippen molar-refractivity contribution in [3.05, 3.63) is 47.9 Å². The van der Waals surface area contributed by atoms with Gasteiger partial charge in [-0.25, -0.2) is 9.97 Å². The molecule has 0 aliphatic heterocycles. The molecule has 1 aromatic carbocycles. The van der Waals surface area contributed by atoms with Gasteiger partial charge in [-0.3, -0.25) is 9.59 Å². The molecule has 3 rings (SSSR count). The van der Waals surface area contributed by atoms with Gasteiger partial charge in [-0.15, -0.1) is 11.8 Å². The van der Waals surface area contributed by atoms with Gasteiger partial charge >= 0.3 is 0 Å². The lowest BCUT2D eigenvalue weighted by molar-refractivity contribution is -0.114. The summed E-state index contributed by atoms with van der Waals surface area (Å²) < 4.78 is 1.91. The van der Waals surface area contributed by atoms with Gasteiger partial charge in [0, 0.05) is 25.1 Å². The molecule has 146 valence electrons. The Labute approximate surface area is 171 Å². The van der Waals surface area contributed by atoms with Crippen LogP contribution in [0.5, 0.6) is 0 Å². The van der Waals surface area contributed by atoms with Crippen molar-refractivity contribution in [1.29, 1.82) is 0 Å². The van der Waals surface area contributed by atoms with E-state index in [1.54, 1.807) is 6.20 Å². The average Bonchev–Trinajstić information content (AvgIpc) is 3.19. The molecule has 0 atom stereocenters. The summed E-state index contributed by atoms with van der Waals surface area (Å²) >= 11 is 2.65. The van der Waals surface area contributed by atoms with Crippen molar-refractivity contribution in [3.63, 3.8) is 0 Å². The van der Waals surface area contributed by atoms with Crippen LogP contribution in [0.4, 0.5) is 10.8 Å². The third-order valence-electron chi connectivity index (χ3n) is 3.84. The van der Waals surface area contributed by atoms with Crippen LogP contribution in [0.2, 0.25) is 0 Å². The van der Waals surface area contributed by atoms with Crippen LogP contribution in [0.25, 0.3) is 10.7 Å². The van der Waals surface area contributed by atoms with Crippen LogP contribution in [-0.4, -0.2) is 37.9 Å². The summed E-state index contributed by atoms with van der Waals surface area (Å²) in [5.74, 6) is 0.880. The van der Waals surface area contributed by atoms with E-state index in [-0.39, 0.29) is 23.3 Å². The molecule has 0 fully saturated rings. The smallest absolute Gasteiger partial charge is 0.236 e. The predicted octanol–water partition coefficient (Wildman–Crippen LogP) is 3.47. The number of amides is 2. The van der Waals surface area contributed by atoms with Crippen LogP contribution >= 0.6 is 23.1 Å². The van der Waals surface area contributed by atoms with Crippen molar-refractivity contribution in [2.75, 3.05) is 22.1 Å². The fourth-order valence-corrected chi connectivity index (χ4v) is 4.19. The van der Waals surface area contributed by atoms with Gasteiger partial charge in [0.1, 0.15) is 0 Å². The molecular formula is C19H21N5O2S2. The third kappa shape index (κ3) is 5.20. The second-order valence-electron chi connectivity index (χ2n) is 6.25. The fourth-order valence-electron chi connectivity index (χ4n) is 2.55. The number of nitrogens with one attached hydrogen (secondary N) is 2. The minimum absolute atomic E-state index is 0.134. The zero-order valence-corrected chi connectivity index (χ0v) is 17.5. The molecule has 9 heteroatoms. The number of thiazole rings is 1. The van der Waals surface area contributed by atoms with Gasteiger partial charge in [-0.1, -0.05) is 23.5 Å². The first-order valence-corrected chi connectivity index (χ1v) is 10.6. The number of hydrogen-bond donors (Lipinski definition) is 2. The van der Waals surface area contributed by atoms with E-state index in [4.69, 9.17) is 0 Å². The van der Waals surface area contributed by atoms with Gasteiger partial charge in [0.15, 0.2) is 11.0 Å². The zero-order chi connectivity index (χ0) is 20.1. The fraction of sp³-hybridized carbons (Fsp3) is 0.263. The minimum atomic E-state index is -0.187. The second kappa shape index (κ2) is 9.03. The number of rotatable bonds is 7. The van der Waals surface area contributed by atoms with E-state index in [0.29, 0.717) is 5.13 Å². The quantitative estimate of drug-likeness (QED) is 0.617. The van der Waals surface area contributed by atoms with Crippen LogP contribution in [0, 0.1) is 13.8 Å². The van der Waals surface area contributed by atoms with Crippen molar-refractivity contribution in [1.82, 2.24) is 14.5 Å². The predicted molar refractivity (Wildman–Crippen MR) is 115 cm³/mol. The lowest BCUT2D eigenvalue weighted by Gasteiger charge is -2.06. The Morgan fingerprint density at radius 1 is 1.18 bits per heavy atom. The Morgan fingerprint density at radius 3 is 2.61 bits per heavy atom. The molecule has 3 aromatic rings. The molecule has 0 radical (unpaired) electrons. The third-order valence-corrected chi connectivity index (χ3v) is 5.84. The van der Waals surface area contributed by atoms with Crippen LogP contribution in [0.3, 0.4) is 0 Å². The summed E-state index contributed by atoms with van der Waals surface area (Å²) in [5, 5.41) is 6.15. The first-order valence-electron chi connectivity index (χ1n) is 8.61. The number of carbonyl (C=O) groups excluding carboxylic acids is 2. The highest BCUT2D eigenvalue weighted by Crippen LogP contribution is 2.31. The number of anilines is 2. The molecule has 0 bridgehead atoms. The highest BCUT2D eigenvalue weighted by molar-refractivity contribution is 8.00. The number of aryl methyl sites for hydroxylation is 3. The van der Waals surface area contributed by atoms with Gasteiger partial charge in [-0.05, 0) is 31.5 Å². The zero-order valence-electron chi connectivity index (χ0n) is 15.9. The standard InChI is InChI=1S/C19H21N5O2S2/c1-12-5-4-6-14(9-12)22-15(25)10-27-11-16(26)23-19-21-13(2)17(28-19)18-20-7-8-24(18)3/h4-9H,10-11H2,1-3H3,(H,22,25)(H,21,23,26). The maximum Gasteiger partial charge on any atom is 0.236 e. The lowest BCUT2D eigenvalue weighted by atomic mass is 10.2. The van der Waals surface area contributed by atoms with Crippen molar-refractivity contribution in [2.24, 2.45) is 7.05 Å². The maximum atomic E-state index is 12.2. The first kappa shape index (κ1) is 20.1. The molecule has 0 unspecified atom stereocenters. The van der Waals surface area contributed by atoms with Gasteiger partial charge in [0.25, 0.3) is 0 Å². The van der Waals surface area contributed by atoms with Crippen LogP contribution in [-0.2, 0) is 16.6 Å². The lowest BCUT2D eigenvalue weighted by Crippen LogP contribution is -2.18. The summed E-state index contributed by atoms with van der Waals surface area (Å²) in [7, 11) is 1.91. The Morgan fingerprint density at radius 2 is 1.93 bits per heavy atom. The summed E-state index contributed by atoms with van der Waals surface area (Å²) in [4.78, 5) is 33.8. The van der Waals surface area contributed by atoms with E-state index in [0.717, 1.165) is 27.6 Å². The number of nitrogens with zero attached hydrogens (tertiary/aromatic N) is 3. The number of benzene rings is 1. The monoisotopic (exact) mass is 415 g/mol. The van der Waals surface area contributed by atoms with Gasteiger partial charge in [0.05, 0.1) is 22.1 Å². The Bertz CT molecular complexity index is 996. The SMILES string of the molecule is Cc1cccc(NC(=O)CSCC(=O)Nc2nc(C)c(-c3nccn3C)s2)c1. The number of imidazole rings is 1. The Hall–Kier alpha value is -2.65. The molecule has 7 nitrogen and oxygen atoms in total. The normalized spacial score (nSPS) is 10.7. The summed E-state index contributed by atoms with van der Waals surface area (Å²) in [6.45, 7) is 3.86. The van der Waals surface area contributed by atoms with Gasteiger partial charge in [0.2, 0.25) is 11.8 Å². The van der Waals surface area contributed by atoms with Crippen LogP contribution in [0.1, 0.15) is 11.3 Å². The molecular weight excluding hydrogens is 394 g/mol.